The van der Waals surface area contributed by atoms with E-state index in [9.17, 15) is 18.4 Å². The summed E-state index contributed by atoms with van der Waals surface area (Å²) >= 11 is 0. The van der Waals surface area contributed by atoms with Gasteiger partial charge in [-0.2, -0.15) is 0 Å². The maximum absolute atomic E-state index is 14.1. The van der Waals surface area contributed by atoms with E-state index >= 15 is 0 Å². The Bertz CT molecular complexity index is 958. The third-order valence-corrected chi connectivity index (χ3v) is 3.89. The fraction of sp³-hybridized carbons (Fsp3) is 0.238. The minimum Gasteiger partial charge on any atom is -0.324 e. The Morgan fingerprint density at radius 1 is 1.14 bits per heavy atom. The fourth-order valence-corrected chi connectivity index (χ4v) is 2.43. The maximum Gasteiger partial charge on any atom is 0.259 e. The van der Waals surface area contributed by atoms with Gasteiger partial charge in [-0.1, -0.05) is 25.1 Å². The zero-order valence-electron chi connectivity index (χ0n) is 16.2. The molecule has 8 heteroatoms. The lowest BCUT2D eigenvalue weighted by atomic mass is 10.1. The van der Waals surface area contributed by atoms with E-state index in [-0.39, 0.29) is 23.6 Å². The smallest absolute Gasteiger partial charge is 0.259 e. The van der Waals surface area contributed by atoms with Crippen molar-refractivity contribution < 1.29 is 18.4 Å². The molecule has 2 amide bonds. The number of nitrogens with zero attached hydrogens (tertiary/aromatic N) is 1. The summed E-state index contributed by atoms with van der Waals surface area (Å²) in [7, 11) is 0. The number of hydrogen-bond acceptors (Lipinski definition) is 4. The number of pyridine rings is 1. The zero-order valence-corrected chi connectivity index (χ0v) is 16.2. The predicted octanol–water partition coefficient (Wildman–Crippen LogP) is 4.68. The summed E-state index contributed by atoms with van der Waals surface area (Å²) in [6, 6.07) is 6.17. The SMILES string of the molecule is CCC=CCCC(=O)Nc1cc(C(=O)Nc2cccc(C(C)=N)n2)c(F)cc1F. The van der Waals surface area contributed by atoms with Crippen molar-refractivity contribution >= 4 is 29.0 Å². The molecular formula is C21H22F2N4O2. The Kier molecular flexibility index (Phi) is 7.70. The van der Waals surface area contributed by atoms with Crippen molar-refractivity contribution in [3.63, 3.8) is 0 Å². The largest absolute Gasteiger partial charge is 0.324 e. The quantitative estimate of drug-likeness (QED) is 0.443. The second-order valence-electron chi connectivity index (χ2n) is 6.27. The van der Waals surface area contributed by atoms with E-state index in [0.717, 1.165) is 12.5 Å². The Hall–Kier alpha value is -3.42. The lowest BCUT2D eigenvalue weighted by molar-refractivity contribution is -0.116. The third-order valence-electron chi connectivity index (χ3n) is 3.89. The number of amides is 2. The van der Waals surface area contributed by atoms with Crippen LogP contribution in [0, 0.1) is 17.0 Å². The molecule has 6 nitrogen and oxygen atoms in total. The van der Waals surface area contributed by atoms with E-state index in [1.165, 1.54) is 6.07 Å². The van der Waals surface area contributed by atoms with Crippen LogP contribution in [0.15, 0.2) is 42.5 Å². The minimum atomic E-state index is -1.07. The highest BCUT2D eigenvalue weighted by Gasteiger charge is 2.18. The van der Waals surface area contributed by atoms with E-state index in [1.54, 1.807) is 19.1 Å². The second-order valence-corrected chi connectivity index (χ2v) is 6.27. The van der Waals surface area contributed by atoms with Crippen molar-refractivity contribution in [2.24, 2.45) is 0 Å². The molecule has 0 spiro atoms. The van der Waals surface area contributed by atoms with Crippen molar-refractivity contribution in [2.75, 3.05) is 10.6 Å². The zero-order chi connectivity index (χ0) is 21.4. The van der Waals surface area contributed by atoms with Crippen LogP contribution in [0.1, 0.15) is 49.2 Å². The fourth-order valence-electron chi connectivity index (χ4n) is 2.43. The topological polar surface area (TPSA) is 94.9 Å². The van der Waals surface area contributed by atoms with Crippen LogP contribution in [0.5, 0.6) is 0 Å². The summed E-state index contributed by atoms with van der Waals surface area (Å²) in [5.74, 6) is -3.22. The second kappa shape index (κ2) is 10.2. The van der Waals surface area contributed by atoms with Crippen LogP contribution in [0.3, 0.4) is 0 Å². The van der Waals surface area contributed by atoms with E-state index in [4.69, 9.17) is 5.41 Å². The van der Waals surface area contributed by atoms with Crippen LogP contribution >= 0.6 is 0 Å². The molecule has 0 saturated carbocycles. The number of carbonyl (C=O) groups excluding carboxylic acids is 2. The molecule has 0 aliphatic heterocycles. The Labute approximate surface area is 167 Å². The van der Waals surface area contributed by atoms with Crippen molar-refractivity contribution in [3.05, 3.63) is 65.4 Å². The number of nitrogens with one attached hydrogen (secondary N) is 3. The molecule has 0 fully saturated rings. The van der Waals surface area contributed by atoms with Crippen LogP contribution in [0.4, 0.5) is 20.3 Å². The van der Waals surface area contributed by atoms with E-state index in [0.29, 0.717) is 18.2 Å². The monoisotopic (exact) mass is 400 g/mol. The first-order chi connectivity index (χ1) is 13.8. The van der Waals surface area contributed by atoms with Crippen molar-refractivity contribution in [1.29, 1.82) is 5.41 Å². The summed E-state index contributed by atoms with van der Waals surface area (Å²) in [6.07, 6.45) is 5.23. The molecule has 2 rings (SSSR count). The minimum absolute atomic E-state index is 0.121. The van der Waals surface area contributed by atoms with Gasteiger partial charge in [0.1, 0.15) is 17.5 Å². The first-order valence-corrected chi connectivity index (χ1v) is 9.09. The third kappa shape index (κ3) is 6.31. The van der Waals surface area contributed by atoms with Gasteiger partial charge in [-0.3, -0.25) is 9.59 Å². The van der Waals surface area contributed by atoms with Crippen molar-refractivity contribution in [3.8, 4) is 0 Å². The van der Waals surface area contributed by atoms with Crippen LogP contribution in [-0.4, -0.2) is 22.5 Å². The van der Waals surface area contributed by atoms with Crippen LogP contribution in [0.25, 0.3) is 0 Å². The average Bonchev–Trinajstić information content (AvgIpc) is 2.67. The van der Waals surface area contributed by atoms with Gasteiger partial charge in [0.25, 0.3) is 5.91 Å². The first kappa shape index (κ1) is 21.9. The summed E-state index contributed by atoms with van der Waals surface area (Å²) < 4.78 is 28.2. The summed E-state index contributed by atoms with van der Waals surface area (Å²) in [6.45, 7) is 3.51. The number of rotatable bonds is 8. The Morgan fingerprint density at radius 3 is 2.59 bits per heavy atom. The van der Waals surface area contributed by atoms with E-state index in [1.807, 2.05) is 19.1 Å². The van der Waals surface area contributed by atoms with Crippen LogP contribution < -0.4 is 10.6 Å². The number of allylic oxidation sites excluding steroid dienone is 2. The number of benzene rings is 1. The number of hydrogen-bond donors (Lipinski definition) is 3. The molecule has 1 heterocycles. The van der Waals surface area contributed by atoms with Gasteiger partial charge in [0, 0.05) is 12.5 Å². The van der Waals surface area contributed by atoms with Gasteiger partial charge >= 0.3 is 0 Å². The molecule has 0 aliphatic rings. The maximum atomic E-state index is 14.1. The molecule has 0 bridgehead atoms. The standard InChI is InChI=1S/C21H22F2N4O2/c1-3-4-5-6-10-20(28)26-18-11-14(15(22)12-16(18)23)21(29)27-19-9-7-8-17(25-19)13(2)24/h4-5,7-9,11-12,24H,3,6,10H2,1-2H3,(H,26,28)(H,25,27,29). The number of anilines is 2. The van der Waals surface area contributed by atoms with Gasteiger partial charge in [0.05, 0.1) is 22.7 Å². The highest BCUT2D eigenvalue weighted by atomic mass is 19.1. The number of carbonyl (C=O) groups is 2. The summed E-state index contributed by atoms with van der Waals surface area (Å²) in [5, 5.41) is 12.4. The molecule has 0 unspecified atom stereocenters. The van der Waals surface area contributed by atoms with Crippen molar-refractivity contribution in [2.45, 2.75) is 33.1 Å². The van der Waals surface area contributed by atoms with Gasteiger partial charge in [0.15, 0.2) is 0 Å². The Balaban J connectivity index is 2.16. The average molecular weight is 400 g/mol. The molecule has 3 N–H and O–H groups in total. The molecule has 1 aromatic carbocycles. The summed E-state index contributed by atoms with van der Waals surface area (Å²) in [5.41, 5.74) is -0.162. The van der Waals surface area contributed by atoms with Crippen LogP contribution in [-0.2, 0) is 4.79 Å². The van der Waals surface area contributed by atoms with E-state index < -0.39 is 29.0 Å². The lowest BCUT2D eigenvalue weighted by Crippen LogP contribution is -2.18. The highest BCUT2D eigenvalue weighted by Crippen LogP contribution is 2.21. The molecule has 2 aromatic rings. The van der Waals surface area contributed by atoms with Crippen LogP contribution in [0.2, 0.25) is 0 Å². The molecule has 0 saturated heterocycles. The van der Waals surface area contributed by atoms with E-state index in [2.05, 4.69) is 15.6 Å². The lowest BCUT2D eigenvalue weighted by Gasteiger charge is -2.10. The molecule has 152 valence electrons. The van der Waals surface area contributed by atoms with Gasteiger partial charge in [-0.05, 0) is 38.0 Å². The number of halogens is 2. The van der Waals surface area contributed by atoms with Gasteiger partial charge in [0.2, 0.25) is 5.91 Å². The summed E-state index contributed by atoms with van der Waals surface area (Å²) in [4.78, 5) is 28.4. The van der Waals surface area contributed by atoms with Gasteiger partial charge in [-0.15, -0.1) is 0 Å². The normalized spacial score (nSPS) is 10.8. The highest BCUT2D eigenvalue weighted by molar-refractivity contribution is 6.05. The Morgan fingerprint density at radius 2 is 1.90 bits per heavy atom. The predicted molar refractivity (Wildman–Crippen MR) is 108 cm³/mol. The first-order valence-electron chi connectivity index (χ1n) is 9.09. The van der Waals surface area contributed by atoms with Crippen molar-refractivity contribution in [1.82, 2.24) is 4.98 Å². The molecule has 29 heavy (non-hydrogen) atoms. The number of aromatic nitrogens is 1. The molecule has 1 aromatic heterocycles. The molecule has 0 atom stereocenters. The molecule has 0 radical (unpaired) electrons. The van der Waals surface area contributed by atoms with Gasteiger partial charge < -0.3 is 16.0 Å². The molecular weight excluding hydrogens is 378 g/mol. The van der Waals surface area contributed by atoms with Gasteiger partial charge in [-0.25, -0.2) is 13.8 Å². The molecule has 0 aliphatic carbocycles.